The van der Waals surface area contributed by atoms with Crippen LogP contribution in [-0.2, 0) is 9.47 Å². The van der Waals surface area contributed by atoms with Crippen LogP contribution in [0.25, 0.3) is 0 Å². The van der Waals surface area contributed by atoms with Gasteiger partial charge in [0.1, 0.15) is 0 Å². The normalized spacial score (nSPS) is 12.6. The number of benzene rings is 1. The Bertz CT molecular complexity index is 537. The van der Waals surface area contributed by atoms with Crippen molar-refractivity contribution in [2.45, 2.75) is 79.1 Å². The van der Waals surface area contributed by atoms with Crippen LogP contribution in [0.5, 0.6) is 0 Å². The molecule has 162 valence electrons. The minimum absolute atomic E-state index is 0. The molecule has 4 radical (unpaired) electrons. The first-order chi connectivity index (χ1) is 13.6. The summed E-state index contributed by atoms with van der Waals surface area (Å²) in [6.45, 7) is 9.34. The Morgan fingerprint density at radius 3 is 1.45 bits per heavy atom. The van der Waals surface area contributed by atoms with E-state index in [1.54, 1.807) is 24.3 Å². The summed E-state index contributed by atoms with van der Waals surface area (Å²) in [4.78, 5) is 25.1. The van der Waals surface area contributed by atoms with Crippen molar-refractivity contribution in [2.75, 3.05) is 13.2 Å². The van der Waals surface area contributed by atoms with Gasteiger partial charge in [-0.2, -0.15) is 0 Å². The summed E-state index contributed by atoms with van der Waals surface area (Å²) >= 11 is 0. The van der Waals surface area contributed by atoms with E-state index in [1.165, 1.54) is 0 Å². The van der Waals surface area contributed by atoms with E-state index in [2.05, 4.69) is 27.7 Å². The predicted molar refractivity (Wildman–Crippen MR) is 119 cm³/mol. The van der Waals surface area contributed by atoms with Crippen molar-refractivity contribution >= 4 is 39.2 Å². The molecule has 0 spiro atoms. The van der Waals surface area contributed by atoms with Gasteiger partial charge in [0, 0.05) is 27.3 Å². The van der Waals surface area contributed by atoms with E-state index >= 15 is 0 Å². The zero-order valence-electron chi connectivity index (χ0n) is 18.7. The largest absolute Gasteiger partial charge is 0.462 e. The molecule has 0 aliphatic rings. The number of carbonyl (C=O) groups is 2. The second kappa shape index (κ2) is 16.8. The zero-order chi connectivity index (χ0) is 20.8. The first-order valence-electron chi connectivity index (χ1n) is 11.0. The fourth-order valence-corrected chi connectivity index (χ4v) is 3.18. The molecule has 0 aliphatic heterocycles. The van der Waals surface area contributed by atoms with Crippen molar-refractivity contribution in [2.24, 2.45) is 11.8 Å². The van der Waals surface area contributed by atoms with Crippen molar-refractivity contribution in [1.29, 1.82) is 0 Å². The molecule has 0 N–H and O–H groups in total. The second-order valence-corrected chi connectivity index (χ2v) is 7.58. The average Bonchev–Trinajstić information content (AvgIpc) is 2.73. The molecule has 1 aromatic carbocycles. The minimum atomic E-state index is -0.444. The van der Waals surface area contributed by atoms with Crippen LogP contribution in [0.2, 0.25) is 0 Å². The van der Waals surface area contributed by atoms with E-state index in [-0.39, 0.29) is 27.3 Å². The molecule has 0 aromatic heterocycles. The van der Waals surface area contributed by atoms with Crippen molar-refractivity contribution in [3.05, 3.63) is 35.4 Å². The van der Waals surface area contributed by atoms with Gasteiger partial charge in [0.2, 0.25) is 0 Å². The number of carbonyl (C=O) groups excluding carboxylic acids is 2. The van der Waals surface area contributed by atoms with E-state index in [9.17, 15) is 9.59 Å². The molecule has 0 amide bonds. The van der Waals surface area contributed by atoms with Gasteiger partial charge in [-0.15, -0.1) is 0 Å². The van der Waals surface area contributed by atoms with Gasteiger partial charge in [-0.3, -0.25) is 0 Å². The summed E-state index contributed by atoms with van der Waals surface area (Å²) in [7, 11) is 0. The predicted octanol–water partition coefficient (Wildman–Crippen LogP) is 6.05. The third-order valence-electron chi connectivity index (χ3n) is 5.35. The number of esters is 2. The van der Waals surface area contributed by atoms with Gasteiger partial charge in [-0.1, -0.05) is 78.4 Å². The third kappa shape index (κ3) is 10.6. The molecule has 4 nitrogen and oxygen atoms in total. The summed E-state index contributed by atoms with van der Waals surface area (Å²) < 4.78 is 11.0. The maximum atomic E-state index is 12.6. The molecule has 29 heavy (non-hydrogen) atoms. The van der Waals surface area contributed by atoms with Crippen molar-refractivity contribution in [1.82, 2.24) is 0 Å². The molecule has 0 heterocycles. The van der Waals surface area contributed by atoms with Crippen LogP contribution in [0.3, 0.4) is 0 Å². The molecular formula is C24H38O4Pb. The Hall–Kier alpha value is -0.918. The Morgan fingerprint density at radius 2 is 1.14 bits per heavy atom. The summed E-state index contributed by atoms with van der Waals surface area (Å²) in [5.41, 5.74) is 0.582. The monoisotopic (exact) mass is 598 g/mol. The molecule has 0 saturated carbocycles. The van der Waals surface area contributed by atoms with Gasteiger partial charge in [-0.05, 0) is 36.8 Å². The fourth-order valence-electron chi connectivity index (χ4n) is 3.18. The fraction of sp³-hybridized carbons (Fsp3) is 0.667. The molecule has 0 saturated heterocycles. The summed E-state index contributed by atoms with van der Waals surface area (Å²) in [6, 6.07) is 6.77. The van der Waals surface area contributed by atoms with Crippen molar-refractivity contribution in [3.63, 3.8) is 0 Å². The molecule has 5 heteroatoms. The molecule has 0 bridgehead atoms. The number of hydrogen-bond acceptors (Lipinski definition) is 4. The van der Waals surface area contributed by atoms with Gasteiger partial charge in [-0.25, -0.2) is 9.59 Å². The molecule has 2 atom stereocenters. The maximum Gasteiger partial charge on any atom is 0.339 e. The van der Waals surface area contributed by atoms with Crippen LogP contribution in [-0.4, -0.2) is 52.5 Å². The smallest absolute Gasteiger partial charge is 0.339 e. The van der Waals surface area contributed by atoms with Gasteiger partial charge in [0.05, 0.1) is 24.3 Å². The Labute approximate surface area is 197 Å². The van der Waals surface area contributed by atoms with Crippen LogP contribution < -0.4 is 0 Å². The Morgan fingerprint density at radius 1 is 0.759 bits per heavy atom. The van der Waals surface area contributed by atoms with E-state index in [1.807, 2.05) is 0 Å². The Kier molecular flexibility index (Phi) is 16.3. The quantitative estimate of drug-likeness (QED) is 0.194. The van der Waals surface area contributed by atoms with Gasteiger partial charge >= 0.3 is 11.9 Å². The number of rotatable bonds is 14. The van der Waals surface area contributed by atoms with Crippen LogP contribution >= 0.6 is 0 Å². The molecule has 0 fully saturated rings. The third-order valence-corrected chi connectivity index (χ3v) is 5.35. The zero-order valence-corrected chi connectivity index (χ0v) is 22.6. The van der Waals surface area contributed by atoms with Crippen LogP contribution in [0.1, 0.15) is 99.8 Å². The summed E-state index contributed by atoms with van der Waals surface area (Å²) in [5, 5.41) is 0. The Balaban J connectivity index is 0.00000784. The van der Waals surface area contributed by atoms with E-state index in [0.717, 1.165) is 51.4 Å². The van der Waals surface area contributed by atoms with E-state index < -0.39 is 11.9 Å². The molecular weight excluding hydrogens is 559 g/mol. The maximum absolute atomic E-state index is 12.6. The van der Waals surface area contributed by atoms with Gasteiger partial charge in [0.25, 0.3) is 0 Å². The van der Waals surface area contributed by atoms with Crippen molar-refractivity contribution < 1.29 is 19.1 Å². The number of unbranched alkanes of at least 4 members (excludes halogenated alkanes) is 2. The molecule has 1 rings (SSSR count). The SMILES string of the molecule is CCCCC(CC)COC(=O)c1ccccc1C(=O)OCC(CC)CCCC.[Pb]. The topological polar surface area (TPSA) is 52.6 Å². The molecule has 2 unspecified atom stereocenters. The second-order valence-electron chi connectivity index (χ2n) is 7.58. The first kappa shape index (κ1) is 28.1. The molecule has 0 aliphatic carbocycles. The van der Waals surface area contributed by atoms with E-state index in [0.29, 0.717) is 36.2 Å². The van der Waals surface area contributed by atoms with Gasteiger partial charge < -0.3 is 9.47 Å². The summed E-state index contributed by atoms with van der Waals surface area (Å²) in [6.07, 6.45) is 8.61. The van der Waals surface area contributed by atoms with Gasteiger partial charge in [0.15, 0.2) is 0 Å². The van der Waals surface area contributed by atoms with Crippen LogP contribution in [0, 0.1) is 11.8 Å². The number of hydrogen-bond donors (Lipinski definition) is 0. The standard InChI is InChI=1S/C24H38O4.Pb/c1-5-9-13-19(7-3)17-27-23(25)21-15-11-12-16-22(21)24(26)28-18-20(8-4)14-10-6-2;/h11-12,15-16,19-20H,5-10,13-14,17-18H2,1-4H3;. The number of ether oxygens (including phenoxy) is 2. The van der Waals surface area contributed by atoms with Crippen LogP contribution in [0.4, 0.5) is 0 Å². The molecule has 1 aromatic rings. The first-order valence-corrected chi connectivity index (χ1v) is 11.0. The van der Waals surface area contributed by atoms with Crippen molar-refractivity contribution in [3.8, 4) is 0 Å². The van der Waals surface area contributed by atoms with Crippen LogP contribution in [0.15, 0.2) is 24.3 Å². The summed E-state index contributed by atoms with van der Waals surface area (Å²) in [5.74, 6) is -0.153. The van der Waals surface area contributed by atoms with E-state index in [4.69, 9.17) is 9.47 Å². The minimum Gasteiger partial charge on any atom is -0.462 e. The average molecular weight is 598 g/mol.